The number of hydrogen-bond acceptors (Lipinski definition) is 3. The maximum atomic E-state index is 5.52. The molecule has 2 aromatic rings. The van der Waals surface area contributed by atoms with Gasteiger partial charge in [-0.2, -0.15) is 0 Å². The highest BCUT2D eigenvalue weighted by atomic mass is 16.5. The van der Waals surface area contributed by atoms with Crippen molar-refractivity contribution in [2.75, 3.05) is 13.7 Å². The molecule has 108 valence electrons. The molecular formula is C16H23N3O. The van der Waals surface area contributed by atoms with Crippen LogP contribution < -0.4 is 10.1 Å². The van der Waals surface area contributed by atoms with Gasteiger partial charge < -0.3 is 14.6 Å². The smallest absolute Gasteiger partial charge is 0.130 e. The summed E-state index contributed by atoms with van der Waals surface area (Å²) in [5.74, 6) is 1.90. The van der Waals surface area contributed by atoms with Crippen LogP contribution in [0.3, 0.4) is 0 Å². The van der Waals surface area contributed by atoms with Crippen LogP contribution in [0.2, 0.25) is 0 Å². The molecule has 1 atom stereocenters. The van der Waals surface area contributed by atoms with Crippen LogP contribution in [0, 0.1) is 6.92 Å². The molecule has 0 aliphatic carbocycles. The number of aromatic nitrogens is 2. The summed E-state index contributed by atoms with van der Waals surface area (Å²) in [7, 11) is 3.73. The van der Waals surface area contributed by atoms with Gasteiger partial charge in [0.1, 0.15) is 11.6 Å². The molecule has 0 amide bonds. The van der Waals surface area contributed by atoms with Gasteiger partial charge in [0.15, 0.2) is 0 Å². The second-order valence-corrected chi connectivity index (χ2v) is 5.03. The van der Waals surface area contributed by atoms with Crippen LogP contribution >= 0.6 is 0 Å². The Morgan fingerprint density at radius 3 is 2.80 bits per heavy atom. The van der Waals surface area contributed by atoms with Gasteiger partial charge in [-0.15, -0.1) is 0 Å². The normalized spacial score (nSPS) is 12.4. The maximum absolute atomic E-state index is 5.52. The predicted molar refractivity (Wildman–Crippen MR) is 81.1 cm³/mol. The number of methoxy groups -OCH3 is 1. The zero-order chi connectivity index (χ0) is 14.5. The van der Waals surface area contributed by atoms with E-state index in [1.807, 2.05) is 25.5 Å². The van der Waals surface area contributed by atoms with Gasteiger partial charge in [-0.1, -0.05) is 24.6 Å². The second kappa shape index (κ2) is 6.57. The van der Waals surface area contributed by atoms with Gasteiger partial charge in [0.05, 0.1) is 13.2 Å². The minimum absolute atomic E-state index is 0.0461. The van der Waals surface area contributed by atoms with Crippen LogP contribution in [0.1, 0.15) is 36.3 Å². The zero-order valence-electron chi connectivity index (χ0n) is 12.7. The third kappa shape index (κ3) is 3.02. The van der Waals surface area contributed by atoms with Gasteiger partial charge >= 0.3 is 0 Å². The van der Waals surface area contributed by atoms with Gasteiger partial charge in [-0.3, -0.25) is 0 Å². The first-order chi connectivity index (χ1) is 9.67. The average Bonchev–Trinajstić information content (AvgIpc) is 2.86. The fourth-order valence-corrected chi connectivity index (χ4v) is 2.36. The Bertz CT molecular complexity index is 563. The summed E-state index contributed by atoms with van der Waals surface area (Å²) in [5.41, 5.74) is 2.36. The number of nitrogens with zero attached hydrogens (tertiary/aromatic N) is 2. The lowest BCUT2D eigenvalue weighted by atomic mass is 10.0. The van der Waals surface area contributed by atoms with E-state index < -0.39 is 0 Å². The molecule has 1 unspecified atom stereocenters. The van der Waals surface area contributed by atoms with Gasteiger partial charge in [0.2, 0.25) is 0 Å². The van der Waals surface area contributed by atoms with E-state index in [-0.39, 0.29) is 6.04 Å². The molecule has 20 heavy (non-hydrogen) atoms. The highest BCUT2D eigenvalue weighted by molar-refractivity contribution is 5.41. The van der Waals surface area contributed by atoms with E-state index in [0.29, 0.717) is 0 Å². The molecule has 1 aromatic carbocycles. The first kappa shape index (κ1) is 14.6. The van der Waals surface area contributed by atoms with Crippen LogP contribution in [0.4, 0.5) is 0 Å². The molecule has 0 aliphatic heterocycles. The molecule has 1 N–H and O–H groups in total. The summed E-state index contributed by atoms with van der Waals surface area (Å²) in [4.78, 5) is 4.50. The van der Waals surface area contributed by atoms with Crippen LogP contribution in [0.25, 0.3) is 0 Å². The van der Waals surface area contributed by atoms with Crippen molar-refractivity contribution in [3.63, 3.8) is 0 Å². The van der Waals surface area contributed by atoms with Crippen molar-refractivity contribution in [2.24, 2.45) is 7.05 Å². The van der Waals surface area contributed by atoms with E-state index in [4.69, 9.17) is 4.74 Å². The number of rotatable bonds is 6. The van der Waals surface area contributed by atoms with Crippen molar-refractivity contribution in [1.82, 2.24) is 14.9 Å². The maximum Gasteiger partial charge on any atom is 0.130 e. The van der Waals surface area contributed by atoms with Crippen LogP contribution in [0.15, 0.2) is 30.6 Å². The number of imidazole rings is 1. The third-order valence-corrected chi connectivity index (χ3v) is 3.41. The topological polar surface area (TPSA) is 39.1 Å². The summed E-state index contributed by atoms with van der Waals surface area (Å²) in [6, 6.07) is 6.30. The first-order valence-corrected chi connectivity index (χ1v) is 7.02. The Balaban J connectivity index is 2.46. The van der Waals surface area contributed by atoms with Gasteiger partial charge in [-0.25, -0.2) is 4.98 Å². The minimum Gasteiger partial charge on any atom is -0.496 e. The lowest BCUT2D eigenvalue weighted by Gasteiger charge is -2.21. The Labute approximate surface area is 120 Å². The van der Waals surface area contributed by atoms with Crippen molar-refractivity contribution in [1.29, 1.82) is 0 Å². The average molecular weight is 273 g/mol. The molecule has 0 saturated carbocycles. The molecule has 1 aromatic heterocycles. The van der Waals surface area contributed by atoms with E-state index in [0.717, 1.165) is 30.1 Å². The van der Waals surface area contributed by atoms with E-state index in [2.05, 4.69) is 40.8 Å². The number of aryl methyl sites for hydroxylation is 2. The van der Waals surface area contributed by atoms with E-state index in [1.165, 1.54) is 5.56 Å². The summed E-state index contributed by atoms with van der Waals surface area (Å²) >= 11 is 0. The van der Waals surface area contributed by atoms with Gasteiger partial charge in [0, 0.05) is 25.0 Å². The summed E-state index contributed by atoms with van der Waals surface area (Å²) < 4.78 is 7.57. The van der Waals surface area contributed by atoms with E-state index in [9.17, 15) is 0 Å². The molecule has 0 aliphatic rings. The number of ether oxygens (including phenoxy) is 1. The SMILES string of the molecule is CCCNC(c1cc(C)ccc1OC)c1nccn1C. The Kier molecular flexibility index (Phi) is 4.79. The van der Waals surface area contributed by atoms with Crippen molar-refractivity contribution < 1.29 is 4.74 Å². The van der Waals surface area contributed by atoms with Gasteiger partial charge in [-0.05, 0) is 26.0 Å². The number of nitrogens with one attached hydrogen (secondary N) is 1. The Hall–Kier alpha value is -1.81. The minimum atomic E-state index is 0.0461. The standard InChI is InChI=1S/C16H23N3O/c1-5-8-17-15(16-18-9-10-19(16)3)13-11-12(2)6-7-14(13)20-4/h6-7,9-11,15,17H,5,8H2,1-4H3. The fourth-order valence-electron chi connectivity index (χ4n) is 2.36. The summed E-state index contributed by atoms with van der Waals surface area (Å²) in [6.45, 7) is 5.20. The van der Waals surface area contributed by atoms with Gasteiger partial charge in [0.25, 0.3) is 0 Å². The largest absolute Gasteiger partial charge is 0.496 e. The molecule has 4 nitrogen and oxygen atoms in total. The molecule has 2 rings (SSSR count). The third-order valence-electron chi connectivity index (χ3n) is 3.41. The predicted octanol–water partition coefficient (Wildman–Crippen LogP) is 2.83. The van der Waals surface area contributed by atoms with E-state index >= 15 is 0 Å². The monoisotopic (exact) mass is 273 g/mol. The molecule has 0 bridgehead atoms. The van der Waals surface area contributed by atoms with Crippen molar-refractivity contribution in [3.05, 3.63) is 47.5 Å². The van der Waals surface area contributed by atoms with Crippen LogP contribution in [-0.4, -0.2) is 23.2 Å². The number of hydrogen-bond donors (Lipinski definition) is 1. The summed E-state index contributed by atoms with van der Waals surface area (Å²) in [5, 5.41) is 3.57. The molecule has 0 fully saturated rings. The lowest BCUT2D eigenvalue weighted by molar-refractivity contribution is 0.401. The molecule has 0 spiro atoms. The van der Waals surface area contributed by atoms with Crippen LogP contribution in [-0.2, 0) is 7.05 Å². The molecule has 4 heteroatoms. The van der Waals surface area contributed by atoms with Crippen molar-refractivity contribution >= 4 is 0 Å². The lowest BCUT2D eigenvalue weighted by Crippen LogP contribution is -2.26. The zero-order valence-corrected chi connectivity index (χ0v) is 12.7. The van der Waals surface area contributed by atoms with Crippen LogP contribution in [0.5, 0.6) is 5.75 Å². The second-order valence-electron chi connectivity index (χ2n) is 5.03. The highest BCUT2D eigenvalue weighted by Gasteiger charge is 2.21. The Morgan fingerprint density at radius 1 is 1.40 bits per heavy atom. The van der Waals surface area contributed by atoms with E-state index in [1.54, 1.807) is 7.11 Å². The Morgan fingerprint density at radius 2 is 2.20 bits per heavy atom. The highest BCUT2D eigenvalue weighted by Crippen LogP contribution is 2.30. The summed E-state index contributed by atoms with van der Waals surface area (Å²) in [6.07, 6.45) is 4.88. The molecule has 0 radical (unpaired) electrons. The molecule has 0 saturated heterocycles. The molecular weight excluding hydrogens is 250 g/mol. The molecule has 1 heterocycles. The quantitative estimate of drug-likeness (QED) is 0.879. The van der Waals surface area contributed by atoms with Crippen molar-refractivity contribution in [3.8, 4) is 5.75 Å². The number of benzene rings is 1. The fraction of sp³-hybridized carbons (Fsp3) is 0.438. The first-order valence-electron chi connectivity index (χ1n) is 7.02. The van der Waals surface area contributed by atoms with Crippen molar-refractivity contribution in [2.45, 2.75) is 26.3 Å².